The molecule has 1 aromatic heterocycles. The summed E-state index contributed by atoms with van der Waals surface area (Å²) in [5, 5.41) is 3.61. The highest BCUT2D eigenvalue weighted by molar-refractivity contribution is 5.81. The molecule has 152 valence electrons. The summed E-state index contributed by atoms with van der Waals surface area (Å²) in [6.45, 7) is 5.45. The number of nitrogens with one attached hydrogen (secondary N) is 1. The van der Waals surface area contributed by atoms with Crippen LogP contribution in [-0.2, 0) is 0 Å². The maximum absolute atomic E-state index is 5.76. The zero-order chi connectivity index (χ0) is 20.5. The monoisotopic (exact) mass is 398 g/mol. The van der Waals surface area contributed by atoms with Gasteiger partial charge >= 0.3 is 0 Å². The SMILES string of the molecule is Cc1ccccc1C(Nc1ccc(-c2cc3c(cc2C)OCCO3)cn1)=C1CCC1. The fourth-order valence-electron chi connectivity index (χ4n) is 4.06. The topological polar surface area (TPSA) is 43.4 Å². The lowest BCUT2D eigenvalue weighted by Crippen LogP contribution is -2.15. The number of hydrogen-bond acceptors (Lipinski definition) is 4. The van der Waals surface area contributed by atoms with Crippen LogP contribution < -0.4 is 14.8 Å². The van der Waals surface area contributed by atoms with Crippen LogP contribution in [0.2, 0.25) is 0 Å². The third kappa shape index (κ3) is 3.54. The van der Waals surface area contributed by atoms with E-state index in [1.54, 1.807) is 0 Å². The molecule has 1 N–H and O–H groups in total. The molecule has 2 aromatic carbocycles. The molecule has 0 unspecified atom stereocenters. The number of hydrogen-bond donors (Lipinski definition) is 1. The van der Waals surface area contributed by atoms with Crippen molar-refractivity contribution >= 4 is 11.5 Å². The average Bonchev–Trinajstić information content (AvgIpc) is 2.72. The Labute approximate surface area is 177 Å². The maximum Gasteiger partial charge on any atom is 0.161 e. The Morgan fingerprint density at radius 2 is 1.67 bits per heavy atom. The van der Waals surface area contributed by atoms with Crippen molar-refractivity contribution in [3.05, 3.63) is 77.0 Å². The Morgan fingerprint density at radius 3 is 2.33 bits per heavy atom. The van der Waals surface area contributed by atoms with E-state index in [9.17, 15) is 0 Å². The lowest BCUT2D eigenvalue weighted by Gasteiger charge is -2.24. The second-order valence-electron chi connectivity index (χ2n) is 8.01. The first-order valence-electron chi connectivity index (χ1n) is 10.6. The van der Waals surface area contributed by atoms with E-state index < -0.39 is 0 Å². The quantitative estimate of drug-likeness (QED) is 0.573. The van der Waals surface area contributed by atoms with Crippen molar-refractivity contribution in [1.82, 2.24) is 4.98 Å². The Bertz CT molecular complexity index is 1110. The summed E-state index contributed by atoms with van der Waals surface area (Å²) in [4.78, 5) is 4.73. The number of aryl methyl sites for hydroxylation is 2. The Morgan fingerprint density at radius 1 is 0.900 bits per heavy atom. The molecule has 0 spiro atoms. The summed E-state index contributed by atoms with van der Waals surface area (Å²) in [6, 6.07) is 16.8. The number of pyridine rings is 1. The van der Waals surface area contributed by atoms with Crippen molar-refractivity contribution in [3.63, 3.8) is 0 Å². The minimum absolute atomic E-state index is 0.590. The van der Waals surface area contributed by atoms with Gasteiger partial charge in [-0.15, -0.1) is 0 Å². The highest BCUT2D eigenvalue weighted by Gasteiger charge is 2.18. The molecule has 2 aliphatic rings. The van der Waals surface area contributed by atoms with Crippen LogP contribution in [0.15, 0.2) is 60.3 Å². The minimum Gasteiger partial charge on any atom is -0.486 e. The number of nitrogens with zero attached hydrogens (tertiary/aromatic N) is 1. The van der Waals surface area contributed by atoms with Crippen LogP contribution in [0.1, 0.15) is 36.0 Å². The number of rotatable bonds is 4. The van der Waals surface area contributed by atoms with Crippen LogP contribution in [0, 0.1) is 13.8 Å². The molecule has 2 heterocycles. The predicted molar refractivity (Wildman–Crippen MR) is 121 cm³/mol. The lowest BCUT2D eigenvalue weighted by atomic mass is 9.87. The second-order valence-corrected chi connectivity index (χ2v) is 8.01. The summed E-state index contributed by atoms with van der Waals surface area (Å²) in [6.07, 6.45) is 5.51. The van der Waals surface area contributed by atoms with Crippen molar-refractivity contribution in [1.29, 1.82) is 0 Å². The predicted octanol–water partition coefficient (Wildman–Crippen LogP) is 6.14. The van der Waals surface area contributed by atoms with E-state index in [0.29, 0.717) is 13.2 Å². The van der Waals surface area contributed by atoms with E-state index >= 15 is 0 Å². The Balaban J connectivity index is 1.43. The molecule has 1 saturated carbocycles. The molecule has 1 aliphatic heterocycles. The van der Waals surface area contributed by atoms with Gasteiger partial charge in [-0.2, -0.15) is 0 Å². The largest absolute Gasteiger partial charge is 0.486 e. The number of ether oxygens (including phenoxy) is 2. The second kappa shape index (κ2) is 7.86. The highest BCUT2D eigenvalue weighted by atomic mass is 16.6. The van der Waals surface area contributed by atoms with Crippen LogP contribution >= 0.6 is 0 Å². The molecular weight excluding hydrogens is 372 g/mol. The summed E-state index contributed by atoms with van der Waals surface area (Å²) in [5.41, 5.74) is 8.59. The van der Waals surface area contributed by atoms with Crippen LogP contribution in [0.5, 0.6) is 11.5 Å². The first kappa shape index (κ1) is 18.7. The molecule has 1 aliphatic carbocycles. The maximum atomic E-state index is 5.76. The zero-order valence-corrected chi connectivity index (χ0v) is 17.5. The van der Waals surface area contributed by atoms with Crippen molar-refractivity contribution < 1.29 is 9.47 Å². The zero-order valence-electron chi connectivity index (χ0n) is 17.5. The third-order valence-electron chi connectivity index (χ3n) is 5.94. The molecule has 3 aromatic rings. The van der Waals surface area contributed by atoms with E-state index in [-0.39, 0.29) is 0 Å². The van der Waals surface area contributed by atoms with Gasteiger partial charge in [0.2, 0.25) is 0 Å². The highest BCUT2D eigenvalue weighted by Crippen LogP contribution is 2.38. The Kier molecular flexibility index (Phi) is 4.91. The standard InChI is InChI=1S/C26H26N2O2/c1-17-6-3-4-9-21(17)26(19-7-5-8-19)28-25-11-10-20(16-27-25)22-15-24-23(14-18(22)2)29-12-13-30-24/h3-4,6,9-11,14-16H,5,7-8,12-13H2,1-2H3,(H,27,28). The Hall–Kier alpha value is -3.27. The van der Waals surface area contributed by atoms with Crippen molar-refractivity contribution in [3.8, 4) is 22.6 Å². The smallest absolute Gasteiger partial charge is 0.161 e. The van der Waals surface area contributed by atoms with Crippen LogP contribution in [0.4, 0.5) is 5.82 Å². The van der Waals surface area contributed by atoms with Gasteiger partial charge in [0.05, 0.1) is 0 Å². The van der Waals surface area contributed by atoms with E-state index in [1.807, 2.05) is 12.3 Å². The molecule has 0 radical (unpaired) electrons. The number of benzene rings is 2. The van der Waals surface area contributed by atoms with Gasteiger partial charge in [0.15, 0.2) is 11.5 Å². The average molecular weight is 399 g/mol. The van der Waals surface area contributed by atoms with Gasteiger partial charge < -0.3 is 14.8 Å². The van der Waals surface area contributed by atoms with Gasteiger partial charge in [0.25, 0.3) is 0 Å². The number of fused-ring (bicyclic) bond motifs is 1. The first-order valence-corrected chi connectivity index (χ1v) is 10.6. The summed E-state index contributed by atoms with van der Waals surface area (Å²) in [5.74, 6) is 2.50. The number of allylic oxidation sites excluding steroid dienone is 1. The van der Waals surface area contributed by atoms with E-state index in [0.717, 1.165) is 46.8 Å². The van der Waals surface area contributed by atoms with E-state index in [1.165, 1.54) is 28.8 Å². The molecule has 0 amide bonds. The molecule has 1 fully saturated rings. The molecule has 0 bridgehead atoms. The molecular formula is C26H26N2O2. The first-order chi connectivity index (χ1) is 14.7. The fraction of sp³-hybridized carbons (Fsp3) is 0.269. The van der Waals surface area contributed by atoms with Gasteiger partial charge in [-0.25, -0.2) is 4.98 Å². The van der Waals surface area contributed by atoms with Gasteiger partial charge in [-0.3, -0.25) is 0 Å². The van der Waals surface area contributed by atoms with Crippen LogP contribution in [0.3, 0.4) is 0 Å². The molecule has 30 heavy (non-hydrogen) atoms. The molecule has 0 saturated heterocycles. The molecule has 4 nitrogen and oxygen atoms in total. The van der Waals surface area contributed by atoms with Gasteiger partial charge in [-0.05, 0) is 79.6 Å². The van der Waals surface area contributed by atoms with Gasteiger partial charge in [-0.1, -0.05) is 24.3 Å². The summed E-state index contributed by atoms with van der Waals surface area (Å²) < 4.78 is 11.5. The summed E-state index contributed by atoms with van der Waals surface area (Å²) >= 11 is 0. The minimum atomic E-state index is 0.590. The van der Waals surface area contributed by atoms with Gasteiger partial charge in [0, 0.05) is 23.0 Å². The molecule has 4 heteroatoms. The van der Waals surface area contributed by atoms with Gasteiger partial charge in [0.1, 0.15) is 19.0 Å². The van der Waals surface area contributed by atoms with E-state index in [4.69, 9.17) is 14.5 Å². The fourth-order valence-corrected chi connectivity index (χ4v) is 4.06. The van der Waals surface area contributed by atoms with Crippen molar-refractivity contribution in [2.24, 2.45) is 0 Å². The number of aromatic nitrogens is 1. The van der Waals surface area contributed by atoms with Crippen LogP contribution in [0.25, 0.3) is 16.8 Å². The number of anilines is 1. The summed E-state index contributed by atoms with van der Waals surface area (Å²) in [7, 11) is 0. The third-order valence-corrected chi connectivity index (χ3v) is 5.94. The molecule has 5 rings (SSSR count). The van der Waals surface area contributed by atoms with Crippen LogP contribution in [-0.4, -0.2) is 18.2 Å². The lowest BCUT2D eigenvalue weighted by molar-refractivity contribution is 0.171. The van der Waals surface area contributed by atoms with Crippen molar-refractivity contribution in [2.45, 2.75) is 33.1 Å². The van der Waals surface area contributed by atoms with Crippen molar-refractivity contribution in [2.75, 3.05) is 18.5 Å². The normalized spacial score (nSPS) is 14.8. The van der Waals surface area contributed by atoms with E-state index in [2.05, 4.69) is 61.6 Å². The molecule has 0 atom stereocenters.